The van der Waals surface area contributed by atoms with Crippen molar-refractivity contribution in [1.29, 1.82) is 0 Å². The fraction of sp³-hybridized carbons (Fsp3) is 0.350. The van der Waals surface area contributed by atoms with Crippen LogP contribution in [-0.2, 0) is 19.4 Å². The van der Waals surface area contributed by atoms with Crippen molar-refractivity contribution in [2.45, 2.75) is 25.4 Å². The zero-order chi connectivity index (χ0) is 21.2. The summed E-state index contributed by atoms with van der Waals surface area (Å²) in [5, 5.41) is 7.36. The number of hydrogen-bond acceptors (Lipinski definition) is 5. The number of fused-ring (bicyclic) bond motifs is 1. The van der Waals surface area contributed by atoms with Crippen LogP contribution in [0.5, 0.6) is 0 Å². The van der Waals surface area contributed by atoms with E-state index in [2.05, 4.69) is 10.6 Å². The molecule has 9 heteroatoms. The molecule has 1 heterocycles. The van der Waals surface area contributed by atoms with Gasteiger partial charge < -0.3 is 10.6 Å². The van der Waals surface area contributed by atoms with Gasteiger partial charge in [0.1, 0.15) is 22.4 Å². The Bertz CT molecular complexity index is 1070. The minimum atomic E-state index is -3.26. The van der Waals surface area contributed by atoms with Crippen molar-refractivity contribution in [3.63, 3.8) is 0 Å². The van der Waals surface area contributed by atoms with Crippen molar-refractivity contribution in [2.24, 2.45) is 0 Å². The summed E-state index contributed by atoms with van der Waals surface area (Å²) in [7, 11) is -3.26. The summed E-state index contributed by atoms with van der Waals surface area (Å²) in [5.74, 6) is -1.28. The van der Waals surface area contributed by atoms with Crippen LogP contribution in [0.3, 0.4) is 0 Å². The molecule has 1 aliphatic heterocycles. The third kappa shape index (κ3) is 5.11. The summed E-state index contributed by atoms with van der Waals surface area (Å²) in [4.78, 5) is 37.6. The van der Waals surface area contributed by atoms with E-state index in [1.807, 2.05) is 49.4 Å². The fourth-order valence-electron chi connectivity index (χ4n) is 3.25. The number of urea groups is 1. The van der Waals surface area contributed by atoms with Gasteiger partial charge in [-0.2, -0.15) is 0 Å². The molecular formula is C20H23N3O5S. The fourth-order valence-corrected chi connectivity index (χ4v) is 3.91. The van der Waals surface area contributed by atoms with Crippen molar-refractivity contribution in [2.75, 3.05) is 18.6 Å². The van der Waals surface area contributed by atoms with Gasteiger partial charge in [-0.15, -0.1) is 0 Å². The quantitative estimate of drug-likeness (QED) is 0.661. The maximum absolute atomic E-state index is 12.4. The summed E-state index contributed by atoms with van der Waals surface area (Å²) in [5.41, 5.74) is 0.903. The largest absolute Gasteiger partial charge is 0.348 e. The van der Waals surface area contributed by atoms with E-state index in [1.54, 1.807) is 0 Å². The molecule has 0 aliphatic carbocycles. The smallest absolute Gasteiger partial charge is 0.325 e. The maximum atomic E-state index is 12.4. The van der Waals surface area contributed by atoms with E-state index in [4.69, 9.17) is 0 Å². The first kappa shape index (κ1) is 20.8. The first-order valence-electron chi connectivity index (χ1n) is 9.22. The molecule has 1 aliphatic rings. The van der Waals surface area contributed by atoms with E-state index in [9.17, 15) is 22.8 Å². The second kappa shape index (κ2) is 8.20. The molecular weight excluding hydrogens is 394 g/mol. The summed E-state index contributed by atoms with van der Waals surface area (Å²) in [6.45, 7) is 1.40. The first-order valence-corrected chi connectivity index (χ1v) is 11.3. The molecule has 0 radical (unpaired) electrons. The van der Waals surface area contributed by atoms with Gasteiger partial charge in [-0.25, -0.2) is 13.2 Å². The van der Waals surface area contributed by atoms with Crippen LogP contribution in [0.2, 0.25) is 0 Å². The van der Waals surface area contributed by atoms with Crippen LogP contribution >= 0.6 is 0 Å². The lowest BCUT2D eigenvalue weighted by atomic mass is 10.0. The summed E-state index contributed by atoms with van der Waals surface area (Å²) < 4.78 is 22.5. The van der Waals surface area contributed by atoms with Crippen LogP contribution in [0.1, 0.15) is 24.9 Å². The molecule has 0 bridgehead atoms. The Hall–Kier alpha value is -2.94. The Morgan fingerprint density at radius 3 is 2.55 bits per heavy atom. The number of nitrogens with zero attached hydrogens (tertiary/aromatic N) is 1. The highest BCUT2D eigenvalue weighted by Gasteiger charge is 2.39. The predicted octanol–water partition coefficient (Wildman–Crippen LogP) is 1.37. The lowest BCUT2D eigenvalue weighted by Gasteiger charge is -2.18. The highest BCUT2D eigenvalue weighted by Crippen LogP contribution is 2.20. The Labute approximate surface area is 169 Å². The number of rotatable bonds is 7. The van der Waals surface area contributed by atoms with Gasteiger partial charge in [-0.1, -0.05) is 36.4 Å². The molecule has 29 heavy (non-hydrogen) atoms. The molecule has 2 aromatic carbocycles. The molecule has 0 unspecified atom stereocenters. The highest BCUT2D eigenvalue weighted by atomic mass is 32.2. The average molecular weight is 417 g/mol. The standard InChI is InChI=1S/C20H23N3O5S/c1-13(15-8-7-14-5-3-4-6-16(14)11-15)21-18(24)12-23-19(25)17(22-20(23)26)9-10-29(2,27)28/h3-8,11,13,17H,9-10,12H2,1-2H3,(H,21,24)(H,22,26)/t13-,17+/m1/s1. The maximum Gasteiger partial charge on any atom is 0.325 e. The van der Waals surface area contributed by atoms with Crippen molar-refractivity contribution >= 4 is 38.5 Å². The number of benzene rings is 2. The van der Waals surface area contributed by atoms with Crippen LogP contribution in [0.4, 0.5) is 4.79 Å². The van der Waals surface area contributed by atoms with Crippen molar-refractivity contribution in [3.8, 4) is 0 Å². The lowest BCUT2D eigenvalue weighted by molar-refractivity contribution is -0.132. The Kier molecular flexibility index (Phi) is 5.88. The Morgan fingerprint density at radius 1 is 1.17 bits per heavy atom. The Morgan fingerprint density at radius 2 is 1.86 bits per heavy atom. The number of amides is 4. The first-order chi connectivity index (χ1) is 13.6. The van der Waals surface area contributed by atoms with Crippen LogP contribution in [0.15, 0.2) is 42.5 Å². The van der Waals surface area contributed by atoms with E-state index >= 15 is 0 Å². The number of sulfone groups is 1. The van der Waals surface area contributed by atoms with Crippen molar-refractivity contribution in [1.82, 2.24) is 15.5 Å². The molecule has 1 fully saturated rings. The zero-order valence-electron chi connectivity index (χ0n) is 16.2. The minimum Gasteiger partial charge on any atom is -0.348 e. The van der Waals surface area contributed by atoms with E-state index in [0.717, 1.165) is 27.5 Å². The molecule has 2 atom stereocenters. The molecule has 3 rings (SSSR count). The highest BCUT2D eigenvalue weighted by molar-refractivity contribution is 7.90. The topological polar surface area (TPSA) is 113 Å². The minimum absolute atomic E-state index is 0.0188. The van der Waals surface area contributed by atoms with E-state index < -0.39 is 40.3 Å². The molecule has 2 aromatic rings. The second-order valence-corrected chi connectivity index (χ2v) is 9.50. The normalized spacial score (nSPS) is 18.0. The molecule has 8 nitrogen and oxygen atoms in total. The molecule has 0 aromatic heterocycles. The second-order valence-electron chi connectivity index (χ2n) is 7.24. The Balaban J connectivity index is 1.60. The molecule has 1 saturated heterocycles. The number of imide groups is 1. The lowest BCUT2D eigenvalue weighted by Crippen LogP contribution is -2.41. The zero-order valence-corrected chi connectivity index (χ0v) is 17.0. The third-order valence-electron chi connectivity index (χ3n) is 4.84. The van der Waals surface area contributed by atoms with E-state index in [0.29, 0.717) is 0 Å². The van der Waals surface area contributed by atoms with Crippen LogP contribution in [0, 0.1) is 0 Å². The molecule has 2 N–H and O–H groups in total. The van der Waals surface area contributed by atoms with E-state index in [-0.39, 0.29) is 18.2 Å². The van der Waals surface area contributed by atoms with Gasteiger partial charge in [0.25, 0.3) is 5.91 Å². The van der Waals surface area contributed by atoms with Gasteiger partial charge in [0, 0.05) is 6.26 Å². The van der Waals surface area contributed by atoms with Crippen LogP contribution in [0.25, 0.3) is 10.8 Å². The molecule has 4 amide bonds. The predicted molar refractivity (Wildman–Crippen MR) is 109 cm³/mol. The SMILES string of the molecule is C[C@@H](NC(=O)CN1C(=O)N[C@@H](CCS(C)(=O)=O)C1=O)c1ccc2ccccc2c1. The van der Waals surface area contributed by atoms with Crippen molar-refractivity contribution in [3.05, 3.63) is 48.0 Å². The van der Waals surface area contributed by atoms with Gasteiger partial charge >= 0.3 is 6.03 Å². The van der Waals surface area contributed by atoms with E-state index in [1.165, 1.54) is 0 Å². The third-order valence-corrected chi connectivity index (χ3v) is 5.81. The number of nitrogens with one attached hydrogen (secondary N) is 2. The van der Waals surface area contributed by atoms with Gasteiger partial charge in [0.2, 0.25) is 5.91 Å². The summed E-state index contributed by atoms with van der Waals surface area (Å²) in [6.07, 6.45) is 1.04. The summed E-state index contributed by atoms with van der Waals surface area (Å²) >= 11 is 0. The van der Waals surface area contributed by atoms with Crippen LogP contribution in [-0.4, -0.2) is 55.8 Å². The van der Waals surface area contributed by atoms with Gasteiger partial charge in [0.15, 0.2) is 0 Å². The summed E-state index contributed by atoms with van der Waals surface area (Å²) in [6, 6.07) is 11.8. The molecule has 154 valence electrons. The van der Waals surface area contributed by atoms with Gasteiger partial charge in [-0.05, 0) is 35.7 Å². The van der Waals surface area contributed by atoms with Crippen LogP contribution < -0.4 is 10.6 Å². The number of carbonyl (C=O) groups excluding carboxylic acids is 3. The average Bonchev–Trinajstić information content (AvgIpc) is 2.93. The van der Waals surface area contributed by atoms with Gasteiger partial charge in [-0.3, -0.25) is 14.5 Å². The number of hydrogen-bond donors (Lipinski definition) is 2. The molecule has 0 spiro atoms. The van der Waals surface area contributed by atoms with Gasteiger partial charge in [0.05, 0.1) is 11.8 Å². The monoisotopic (exact) mass is 417 g/mol. The van der Waals surface area contributed by atoms with Crippen molar-refractivity contribution < 1.29 is 22.8 Å². The number of carbonyl (C=O) groups is 3. The molecule has 0 saturated carbocycles.